The minimum atomic E-state index is -1.36. The Morgan fingerprint density at radius 1 is 1.40 bits per heavy atom. The third kappa shape index (κ3) is 2.77. The van der Waals surface area contributed by atoms with Gasteiger partial charge in [0.2, 0.25) is 0 Å². The average molecular weight is 343 g/mol. The number of anilines is 2. The molecule has 0 fully saturated rings. The molecule has 0 aliphatic carbocycles. The first kappa shape index (κ1) is 14.4. The number of carbonyl (C=O) groups is 1. The fraction of sp³-hybridized carbons (Fsp3) is 0.0769. The van der Waals surface area contributed by atoms with Gasteiger partial charge in [-0.25, -0.2) is 13.6 Å². The third-order valence-corrected chi connectivity index (χ3v) is 3.42. The first-order chi connectivity index (χ1) is 9.40. The maximum atomic E-state index is 13.8. The number of hydrogen-bond acceptors (Lipinski definition) is 3. The van der Waals surface area contributed by atoms with Gasteiger partial charge in [0, 0.05) is 4.47 Å². The summed E-state index contributed by atoms with van der Waals surface area (Å²) < 4.78 is 27.7. The Bertz CT molecular complexity index is 692. The van der Waals surface area contributed by atoms with Crippen LogP contribution in [0.3, 0.4) is 0 Å². The maximum absolute atomic E-state index is 13.8. The molecular formula is C13H9BrF2N2O2. The van der Waals surface area contributed by atoms with Gasteiger partial charge in [-0.05, 0) is 41.1 Å². The number of nitrogens with zero attached hydrogens (tertiary/aromatic N) is 1. The molecule has 0 unspecified atom stereocenters. The van der Waals surface area contributed by atoms with E-state index in [4.69, 9.17) is 5.11 Å². The molecule has 0 radical (unpaired) electrons. The monoisotopic (exact) mass is 342 g/mol. The van der Waals surface area contributed by atoms with E-state index >= 15 is 0 Å². The molecule has 0 bridgehead atoms. The molecule has 20 heavy (non-hydrogen) atoms. The molecule has 0 spiro atoms. The summed E-state index contributed by atoms with van der Waals surface area (Å²) in [7, 11) is 0. The fourth-order valence-corrected chi connectivity index (χ4v) is 1.92. The van der Waals surface area contributed by atoms with E-state index in [1.165, 1.54) is 6.20 Å². The van der Waals surface area contributed by atoms with E-state index in [0.29, 0.717) is 15.9 Å². The average Bonchev–Trinajstić information content (AvgIpc) is 2.39. The van der Waals surface area contributed by atoms with Crippen molar-refractivity contribution in [2.75, 3.05) is 5.32 Å². The van der Waals surface area contributed by atoms with Crippen LogP contribution in [0.2, 0.25) is 0 Å². The lowest BCUT2D eigenvalue weighted by Crippen LogP contribution is -2.07. The molecular weight excluding hydrogens is 334 g/mol. The van der Waals surface area contributed by atoms with Gasteiger partial charge in [0.05, 0.1) is 28.8 Å². The SMILES string of the molecule is Cc1ncc(Nc2c(C(=O)O)ccc(F)c2F)cc1Br. The molecule has 0 atom stereocenters. The number of halogens is 3. The maximum Gasteiger partial charge on any atom is 0.337 e. The number of rotatable bonds is 3. The van der Waals surface area contributed by atoms with Crippen molar-refractivity contribution in [1.82, 2.24) is 4.98 Å². The molecule has 2 N–H and O–H groups in total. The molecule has 0 aliphatic heterocycles. The number of hydrogen-bond donors (Lipinski definition) is 2. The normalized spacial score (nSPS) is 10.4. The second kappa shape index (κ2) is 5.54. The van der Waals surface area contributed by atoms with Crippen molar-refractivity contribution in [3.8, 4) is 0 Å². The third-order valence-electron chi connectivity index (χ3n) is 2.62. The van der Waals surface area contributed by atoms with Gasteiger partial charge >= 0.3 is 5.97 Å². The summed E-state index contributed by atoms with van der Waals surface area (Å²) in [5.74, 6) is -3.73. The van der Waals surface area contributed by atoms with E-state index in [1.54, 1.807) is 13.0 Å². The number of pyridine rings is 1. The first-order valence-electron chi connectivity index (χ1n) is 5.50. The predicted octanol–water partition coefficient (Wildman–Crippen LogP) is 3.87. The summed E-state index contributed by atoms with van der Waals surface area (Å²) in [6, 6.07) is 3.37. The topological polar surface area (TPSA) is 62.2 Å². The Labute approximate surface area is 121 Å². The zero-order valence-corrected chi connectivity index (χ0v) is 11.8. The summed E-state index contributed by atoms with van der Waals surface area (Å²) >= 11 is 3.25. The largest absolute Gasteiger partial charge is 0.478 e. The molecule has 1 heterocycles. The van der Waals surface area contributed by atoms with Gasteiger partial charge in [0.15, 0.2) is 11.6 Å². The summed E-state index contributed by atoms with van der Waals surface area (Å²) in [6.45, 7) is 1.76. The van der Waals surface area contributed by atoms with Crippen LogP contribution < -0.4 is 5.32 Å². The van der Waals surface area contributed by atoms with Gasteiger partial charge in [-0.15, -0.1) is 0 Å². The van der Waals surface area contributed by atoms with Crippen molar-refractivity contribution in [1.29, 1.82) is 0 Å². The van der Waals surface area contributed by atoms with Gasteiger partial charge in [0.1, 0.15) is 0 Å². The number of aromatic nitrogens is 1. The number of nitrogens with one attached hydrogen (secondary N) is 1. The van der Waals surface area contributed by atoms with E-state index in [-0.39, 0.29) is 5.56 Å². The van der Waals surface area contributed by atoms with Gasteiger partial charge < -0.3 is 10.4 Å². The Morgan fingerprint density at radius 3 is 2.70 bits per heavy atom. The Morgan fingerprint density at radius 2 is 2.10 bits per heavy atom. The molecule has 104 valence electrons. The quantitative estimate of drug-likeness (QED) is 0.888. The van der Waals surface area contributed by atoms with E-state index in [1.807, 2.05) is 0 Å². The molecule has 7 heteroatoms. The minimum Gasteiger partial charge on any atom is -0.478 e. The number of carboxylic acids is 1. The highest BCUT2D eigenvalue weighted by atomic mass is 79.9. The van der Waals surface area contributed by atoms with Crippen LogP contribution in [0.1, 0.15) is 16.1 Å². The lowest BCUT2D eigenvalue weighted by molar-refractivity contribution is 0.0697. The van der Waals surface area contributed by atoms with Gasteiger partial charge in [-0.1, -0.05) is 0 Å². The van der Waals surface area contributed by atoms with Crippen LogP contribution >= 0.6 is 15.9 Å². The van der Waals surface area contributed by atoms with Crippen molar-refractivity contribution in [2.45, 2.75) is 6.92 Å². The number of carboxylic acid groups (broad SMARTS) is 1. The van der Waals surface area contributed by atoms with Crippen LogP contribution in [0, 0.1) is 18.6 Å². The zero-order chi connectivity index (χ0) is 14.9. The van der Waals surface area contributed by atoms with Crippen LogP contribution in [-0.2, 0) is 0 Å². The molecule has 0 amide bonds. The van der Waals surface area contributed by atoms with E-state index in [0.717, 1.165) is 12.1 Å². The minimum absolute atomic E-state index is 0.342. The van der Waals surface area contributed by atoms with Gasteiger partial charge in [-0.2, -0.15) is 0 Å². The predicted molar refractivity (Wildman–Crippen MR) is 73.3 cm³/mol. The molecule has 1 aromatic heterocycles. The number of benzene rings is 1. The highest BCUT2D eigenvalue weighted by Gasteiger charge is 2.18. The smallest absolute Gasteiger partial charge is 0.337 e. The summed E-state index contributed by atoms with van der Waals surface area (Å²) in [4.78, 5) is 15.1. The number of aromatic carboxylic acids is 1. The molecule has 2 rings (SSSR count). The van der Waals surface area contributed by atoms with Crippen molar-refractivity contribution >= 4 is 33.3 Å². The van der Waals surface area contributed by atoms with Crippen molar-refractivity contribution in [2.24, 2.45) is 0 Å². The molecule has 4 nitrogen and oxygen atoms in total. The number of aryl methyl sites for hydroxylation is 1. The Balaban J connectivity index is 2.49. The molecule has 0 aliphatic rings. The lowest BCUT2D eigenvalue weighted by Gasteiger charge is -2.11. The van der Waals surface area contributed by atoms with Crippen LogP contribution in [0.4, 0.5) is 20.2 Å². The van der Waals surface area contributed by atoms with Gasteiger partial charge in [0.25, 0.3) is 0 Å². The van der Waals surface area contributed by atoms with E-state index in [2.05, 4.69) is 26.2 Å². The zero-order valence-electron chi connectivity index (χ0n) is 10.2. The highest BCUT2D eigenvalue weighted by molar-refractivity contribution is 9.10. The van der Waals surface area contributed by atoms with Crippen molar-refractivity contribution in [3.05, 3.63) is 51.8 Å². The fourth-order valence-electron chi connectivity index (χ4n) is 1.57. The van der Waals surface area contributed by atoms with Crippen LogP contribution in [0.15, 0.2) is 28.9 Å². The van der Waals surface area contributed by atoms with E-state index in [9.17, 15) is 13.6 Å². The van der Waals surface area contributed by atoms with E-state index < -0.39 is 23.3 Å². The van der Waals surface area contributed by atoms with Crippen LogP contribution in [0.5, 0.6) is 0 Å². The second-order valence-corrected chi connectivity index (χ2v) is 4.86. The van der Waals surface area contributed by atoms with Crippen LogP contribution in [0.25, 0.3) is 0 Å². The summed E-state index contributed by atoms with van der Waals surface area (Å²) in [5.41, 5.74) is 0.263. The lowest BCUT2D eigenvalue weighted by atomic mass is 10.1. The molecule has 1 aromatic carbocycles. The standard InChI is InChI=1S/C13H9BrF2N2O2/c1-6-9(14)4-7(5-17-6)18-12-8(13(19)20)2-3-10(15)11(12)16/h2-5,18H,1H3,(H,19,20). The van der Waals surface area contributed by atoms with Crippen molar-refractivity contribution < 1.29 is 18.7 Å². The molecule has 2 aromatic rings. The Kier molecular flexibility index (Phi) is 3.99. The Hall–Kier alpha value is -2.02. The van der Waals surface area contributed by atoms with Crippen molar-refractivity contribution in [3.63, 3.8) is 0 Å². The first-order valence-corrected chi connectivity index (χ1v) is 6.30. The molecule has 0 saturated carbocycles. The molecule has 0 saturated heterocycles. The summed E-state index contributed by atoms with van der Waals surface area (Å²) in [5, 5.41) is 11.5. The summed E-state index contributed by atoms with van der Waals surface area (Å²) in [6.07, 6.45) is 1.40. The second-order valence-electron chi connectivity index (χ2n) is 4.01. The van der Waals surface area contributed by atoms with Gasteiger partial charge in [-0.3, -0.25) is 4.98 Å². The van der Waals surface area contributed by atoms with Crippen LogP contribution in [-0.4, -0.2) is 16.1 Å². The highest BCUT2D eigenvalue weighted by Crippen LogP contribution is 2.28.